The normalized spacial score (nSPS) is 22.4. The average molecular weight is 470 g/mol. The monoisotopic (exact) mass is 470 g/mol. The van der Waals surface area contributed by atoms with E-state index < -0.39 is 30.5 Å². The standard InChI is InChI=1S/C24H35BN4O5/c1-14(2)19(28-22(31)32-7)21(30)29-12-8-9-18(29)20-26-16-11-10-15(13-17(16)27-20)25-33-23(3,4)24(5,6)34-25/h10-11,13-14,18-19H,8-9,12H2,1-7H3,(H,26,27)(H,28,31)/t18?,19-/m0/s1. The zero-order valence-corrected chi connectivity index (χ0v) is 21.1. The highest BCUT2D eigenvalue weighted by molar-refractivity contribution is 6.62. The van der Waals surface area contributed by atoms with Crippen molar-refractivity contribution in [3.8, 4) is 0 Å². The third kappa shape index (κ3) is 4.41. The minimum atomic E-state index is -0.660. The maximum Gasteiger partial charge on any atom is 0.494 e. The fourth-order valence-electron chi connectivity index (χ4n) is 4.52. The van der Waals surface area contributed by atoms with Gasteiger partial charge in [0.25, 0.3) is 0 Å². The summed E-state index contributed by atoms with van der Waals surface area (Å²) in [6.45, 7) is 12.6. The van der Waals surface area contributed by atoms with E-state index in [4.69, 9.17) is 19.0 Å². The first kappa shape index (κ1) is 24.5. The maximum absolute atomic E-state index is 13.4. The van der Waals surface area contributed by atoms with E-state index in [1.54, 1.807) is 0 Å². The highest BCUT2D eigenvalue weighted by Crippen LogP contribution is 2.37. The van der Waals surface area contributed by atoms with Gasteiger partial charge in [0.05, 0.1) is 35.4 Å². The molecule has 1 aromatic carbocycles. The van der Waals surface area contributed by atoms with E-state index in [9.17, 15) is 9.59 Å². The number of nitrogens with zero attached hydrogens (tertiary/aromatic N) is 2. The molecule has 0 radical (unpaired) electrons. The molecule has 184 valence electrons. The summed E-state index contributed by atoms with van der Waals surface area (Å²) in [4.78, 5) is 35.2. The Morgan fingerprint density at radius 1 is 1.24 bits per heavy atom. The maximum atomic E-state index is 13.4. The number of benzene rings is 1. The summed E-state index contributed by atoms with van der Waals surface area (Å²) in [5, 5.41) is 2.68. The van der Waals surface area contributed by atoms with Gasteiger partial charge in [-0.25, -0.2) is 9.78 Å². The molecule has 34 heavy (non-hydrogen) atoms. The number of likely N-dealkylation sites (tertiary alicyclic amines) is 1. The van der Waals surface area contributed by atoms with Crippen LogP contribution in [0.25, 0.3) is 11.0 Å². The first-order valence-electron chi connectivity index (χ1n) is 11.9. The number of H-pyrrole nitrogens is 1. The van der Waals surface area contributed by atoms with Gasteiger partial charge in [-0.1, -0.05) is 19.9 Å². The van der Waals surface area contributed by atoms with Gasteiger partial charge in [0.1, 0.15) is 11.9 Å². The lowest BCUT2D eigenvalue weighted by molar-refractivity contribution is -0.135. The largest absolute Gasteiger partial charge is 0.494 e. The lowest BCUT2D eigenvalue weighted by Crippen LogP contribution is -2.51. The number of fused-ring (bicyclic) bond motifs is 1. The highest BCUT2D eigenvalue weighted by atomic mass is 16.7. The van der Waals surface area contributed by atoms with E-state index in [0.29, 0.717) is 6.54 Å². The van der Waals surface area contributed by atoms with Gasteiger partial charge in [0.15, 0.2) is 0 Å². The minimum absolute atomic E-state index is 0.0778. The summed E-state index contributed by atoms with van der Waals surface area (Å²) in [5.41, 5.74) is 1.78. The van der Waals surface area contributed by atoms with Crippen LogP contribution in [-0.2, 0) is 18.8 Å². The number of ether oxygens (including phenoxy) is 1. The summed E-state index contributed by atoms with van der Waals surface area (Å²) >= 11 is 0. The van der Waals surface area contributed by atoms with Gasteiger partial charge in [-0.3, -0.25) is 4.79 Å². The predicted octanol–water partition coefficient (Wildman–Crippen LogP) is 2.91. The van der Waals surface area contributed by atoms with Gasteiger partial charge >= 0.3 is 13.2 Å². The zero-order chi connectivity index (χ0) is 24.8. The molecule has 2 N–H and O–H groups in total. The molecular formula is C24H35BN4O5. The van der Waals surface area contributed by atoms with Crippen molar-refractivity contribution in [2.24, 2.45) is 5.92 Å². The van der Waals surface area contributed by atoms with E-state index in [1.807, 2.05) is 64.6 Å². The fraction of sp³-hybridized carbons (Fsp3) is 0.625. The molecule has 4 rings (SSSR count). The van der Waals surface area contributed by atoms with Crippen LogP contribution >= 0.6 is 0 Å². The Hall–Kier alpha value is -2.59. The van der Waals surface area contributed by atoms with Crippen LogP contribution in [0.5, 0.6) is 0 Å². The van der Waals surface area contributed by atoms with Crippen molar-refractivity contribution >= 4 is 35.6 Å². The summed E-state index contributed by atoms with van der Waals surface area (Å²) in [7, 11) is 0.837. The van der Waals surface area contributed by atoms with Crippen molar-refractivity contribution in [3.05, 3.63) is 24.0 Å². The van der Waals surface area contributed by atoms with Crippen LogP contribution in [0.1, 0.15) is 66.3 Å². The third-order valence-electron chi connectivity index (χ3n) is 7.29. The summed E-state index contributed by atoms with van der Waals surface area (Å²) < 4.78 is 17.1. The fourth-order valence-corrected chi connectivity index (χ4v) is 4.52. The van der Waals surface area contributed by atoms with Crippen molar-refractivity contribution < 1.29 is 23.6 Å². The van der Waals surface area contributed by atoms with Crippen LogP contribution in [0.15, 0.2) is 18.2 Å². The molecule has 2 fully saturated rings. The van der Waals surface area contributed by atoms with Gasteiger partial charge < -0.3 is 29.2 Å². The molecule has 1 aromatic heterocycles. The molecule has 2 amide bonds. The zero-order valence-electron chi connectivity index (χ0n) is 21.1. The van der Waals surface area contributed by atoms with E-state index in [-0.39, 0.29) is 17.9 Å². The lowest BCUT2D eigenvalue weighted by atomic mass is 9.79. The molecule has 0 spiro atoms. The van der Waals surface area contributed by atoms with Gasteiger partial charge in [-0.05, 0) is 64.1 Å². The van der Waals surface area contributed by atoms with Crippen LogP contribution in [0.3, 0.4) is 0 Å². The Bertz CT molecular complexity index is 1070. The number of rotatable bonds is 5. The van der Waals surface area contributed by atoms with Crippen molar-refractivity contribution in [3.63, 3.8) is 0 Å². The molecule has 2 atom stereocenters. The highest BCUT2D eigenvalue weighted by Gasteiger charge is 2.51. The molecule has 0 bridgehead atoms. The molecule has 2 aromatic rings. The third-order valence-corrected chi connectivity index (χ3v) is 7.29. The molecular weight excluding hydrogens is 435 g/mol. The van der Waals surface area contributed by atoms with Crippen molar-refractivity contribution in [2.45, 2.75) is 77.7 Å². The second-order valence-corrected chi connectivity index (χ2v) is 10.5. The van der Waals surface area contributed by atoms with E-state index in [2.05, 4.69) is 10.3 Å². The van der Waals surface area contributed by atoms with E-state index in [1.165, 1.54) is 7.11 Å². The van der Waals surface area contributed by atoms with Crippen LogP contribution in [0.2, 0.25) is 0 Å². The van der Waals surface area contributed by atoms with Gasteiger partial charge in [0.2, 0.25) is 5.91 Å². The van der Waals surface area contributed by atoms with Crippen LogP contribution in [0.4, 0.5) is 4.79 Å². The average Bonchev–Trinajstić information content (AvgIpc) is 3.46. The summed E-state index contributed by atoms with van der Waals surface area (Å²) in [6.07, 6.45) is 1.07. The molecule has 10 heteroatoms. The quantitative estimate of drug-likeness (QED) is 0.652. The van der Waals surface area contributed by atoms with Gasteiger partial charge in [-0.2, -0.15) is 0 Å². The Balaban J connectivity index is 1.57. The van der Waals surface area contributed by atoms with E-state index >= 15 is 0 Å². The first-order valence-corrected chi connectivity index (χ1v) is 11.9. The SMILES string of the molecule is COC(=O)N[C@H](C(=O)N1CCCC1c1nc2ccc(B3OC(C)(C)C(C)(C)O3)cc2[nH]1)C(C)C. The number of nitrogens with one attached hydrogen (secondary N) is 2. The number of aromatic amines is 1. The summed E-state index contributed by atoms with van der Waals surface area (Å²) in [5.74, 6) is 0.541. The number of methoxy groups -OCH3 is 1. The summed E-state index contributed by atoms with van der Waals surface area (Å²) in [6, 6.07) is 5.09. The molecule has 2 aliphatic rings. The smallest absolute Gasteiger partial charge is 0.453 e. The molecule has 2 saturated heterocycles. The predicted molar refractivity (Wildman–Crippen MR) is 130 cm³/mol. The lowest BCUT2D eigenvalue weighted by Gasteiger charge is -2.32. The van der Waals surface area contributed by atoms with Crippen molar-refractivity contribution in [2.75, 3.05) is 13.7 Å². The number of hydrogen-bond donors (Lipinski definition) is 2. The Morgan fingerprint density at radius 3 is 2.53 bits per heavy atom. The van der Waals surface area contributed by atoms with Gasteiger partial charge in [0, 0.05) is 6.54 Å². The van der Waals surface area contributed by atoms with Crippen molar-refractivity contribution in [1.29, 1.82) is 0 Å². The number of carbonyl (C=O) groups excluding carboxylic acids is 2. The van der Waals surface area contributed by atoms with Crippen LogP contribution < -0.4 is 10.8 Å². The molecule has 0 aliphatic carbocycles. The number of imidazole rings is 1. The van der Waals surface area contributed by atoms with Crippen LogP contribution in [-0.4, -0.2) is 64.9 Å². The Morgan fingerprint density at radius 2 is 1.91 bits per heavy atom. The first-order chi connectivity index (χ1) is 15.9. The van der Waals surface area contributed by atoms with Crippen molar-refractivity contribution in [1.82, 2.24) is 20.2 Å². The second kappa shape index (κ2) is 8.89. The topological polar surface area (TPSA) is 106 Å². The Kier molecular flexibility index (Phi) is 6.41. The second-order valence-electron chi connectivity index (χ2n) is 10.5. The number of carbonyl (C=O) groups is 2. The number of alkyl carbamates (subject to hydrolysis) is 1. The van der Waals surface area contributed by atoms with Crippen LogP contribution in [0, 0.1) is 5.92 Å². The van der Waals surface area contributed by atoms with Gasteiger partial charge in [-0.15, -0.1) is 0 Å². The molecule has 9 nitrogen and oxygen atoms in total. The number of amides is 2. The number of hydrogen-bond acceptors (Lipinski definition) is 6. The Labute approximate surface area is 201 Å². The minimum Gasteiger partial charge on any atom is -0.453 e. The molecule has 3 heterocycles. The van der Waals surface area contributed by atoms with E-state index in [0.717, 1.165) is 35.2 Å². The molecule has 2 aliphatic heterocycles. The number of aromatic nitrogens is 2. The molecule has 0 saturated carbocycles. The molecule has 1 unspecified atom stereocenters.